The Bertz CT molecular complexity index is 1180. The van der Waals surface area contributed by atoms with Gasteiger partial charge >= 0.3 is 0 Å². The summed E-state index contributed by atoms with van der Waals surface area (Å²) < 4.78 is 42.2. The van der Waals surface area contributed by atoms with Crippen molar-refractivity contribution in [2.45, 2.75) is 4.90 Å². The van der Waals surface area contributed by atoms with Gasteiger partial charge in [-0.2, -0.15) is 0 Å². The third kappa shape index (κ3) is 4.78. The fourth-order valence-electron chi connectivity index (χ4n) is 2.93. The van der Waals surface area contributed by atoms with Crippen molar-refractivity contribution in [1.82, 2.24) is 0 Å². The van der Waals surface area contributed by atoms with Crippen molar-refractivity contribution in [3.63, 3.8) is 0 Å². The SMILES string of the molecule is COc1ccc(/C=C/C(=O)c2ccccc2-c2ccc(F)cc2)cc1S(C)(=O)=O. The van der Waals surface area contributed by atoms with Crippen molar-refractivity contribution >= 4 is 21.7 Å². The number of ketones is 1. The van der Waals surface area contributed by atoms with Crippen LogP contribution in [0.3, 0.4) is 0 Å². The second-order valence-electron chi connectivity index (χ2n) is 6.43. The monoisotopic (exact) mass is 410 g/mol. The minimum absolute atomic E-state index is 0.0568. The molecule has 3 aromatic rings. The van der Waals surface area contributed by atoms with Gasteiger partial charge in [-0.1, -0.05) is 48.5 Å². The number of hydrogen-bond donors (Lipinski definition) is 0. The fraction of sp³-hybridized carbons (Fsp3) is 0.0870. The van der Waals surface area contributed by atoms with Gasteiger partial charge in [0, 0.05) is 11.8 Å². The Morgan fingerprint density at radius 1 is 1.00 bits per heavy atom. The van der Waals surface area contributed by atoms with Crippen LogP contribution in [0.4, 0.5) is 4.39 Å². The number of benzene rings is 3. The van der Waals surface area contributed by atoms with Crippen molar-refractivity contribution in [2.24, 2.45) is 0 Å². The van der Waals surface area contributed by atoms with Gasteiger partial charge in [-0.05, 0) is 47.0 Å². The van der Waals surface area contributed by atoms with Crippen molar-refractivity contribution in [3.8, 4) is 16.9 Å². The van der Waals surface area contributed by atoms with Crippen molar-refractivity contribution in [3.05, 3.63) is 89.8 Å². The lowest BCUT2D eigenvalue weighted by molar-refractivity contribution is 0.104. The maximum Gasteiger partial charge on any atom is 0.186 e. The number of carbonyl (C=O) groups excluding carboxylic acids is 1. The minimum Gasteiger partial charge on any atom is -0.495 e. The van der Waals surface area contributed by atoms with Crippen molar-refractivity contribution in [1.29, 1.82) is 0 Å². The Morgan fingerprint density at radius 3 is 2.34 bits per heavy atom. The molecule has 3 rings (SSSR count). The highest BCUT2D eigenvalue weighted by molar-refractivity contribution is 7.90. The first-order valence-corrected chi connectivity index (χ1v) is 10.6. The average Bonchev–Trinajstić information content (AvgIpc) is 2.71. The summed E-state index contributed by atoms with van der Waals surface area (Å²) in [6.07, 6.45) is 4.04. The number of carbonyl (C=O) groups is 1. The van der Waals surface area contributed by atoms with Gasteiger partial charge in [0.2, 0.25) is 0 Å². The lowest BCUT2D eigenvalue weighted by Crippen LogP contribution is -2.01. The lowest BCUT2D eigenvalue weighted by Gasteiger charge is -2.08. The molecular weight excluding hydrogens is 391 g/mol. The average molecular weight is 410 g/mol. The summed E-state index contributed by atoms with van der Waals surface area (Å²) in [6.45, 7) is 0. The molecule has 0 aliphatic heterocycles. The third-order valence-electron chi connectivity index (χ3n) is 4.36. The maximum atomic E-state index is 13.2. The molecule has 0 spiro atoms. The number of allylic oxidation sites excluding steroid dienone is 1. The van der Waals surface area contributed by atoms with Crippen LogP contribution in [-0.2, 0) is 9.84 Å². The molecule has 0 fully saturated rings. The molecule has 0 saturated heterocycles. The fourth-order valence-corrected chi connectivity index (χ4v) is 3.79. The first kappa shape index (κ1) is 20.5. The van der Waals surface area contributed by atoms with Crippen LogP contribution in [0.25, 0.3) is 17.2 Å². The normalized spacial score (nSPS) is 11.6. The highest BCUT2D eigenvalue weighted by Crippen LogP contribution is 2.27. The van der Waals surface area contributed by atoms with Gasteiger partial charge < -0.3 is 4.74 Å². The van der Waals surface area contributed by atoms with Crippen LogP contribution in [0.15, 0.2) is 77.7 Å². The Labute approximate surface area is 169 Å². The largest absolute Gasteiger partial charge is 0.495 e. The smallest absolute Gasteiger partial charge is 0.186 e. The molecule has 0 atom stereocenters. The standard InChI is InChI=1S/C23H19FO4S/c1-28-22-14-8-16(15-23(22)29(2,26)27)7-13-21(25)20-6-4-3-5-19(20)17-9-11-18(24)12-10-17/h3-15H,1-2H3/b13-7+. The number of sulfone groups is 1. The zero-order valence-corrected chi connectivity index (χ0v) is 16.7. The maximum absolute atomic E-state index is 13.2. The van der Waals surface area contributed by atoms with Crippen molar-refractivity contribution < 1.29 is 22.3 Å². The Hall–Kier alpha value is -3.25. The molecule has 6 heteroatoms. The molecule has 0 unspecified atom stereocenters. The van der Waals surface area contributed by atoms with E-state index in [-0.39, 0.29) is 22.2 Å². The number of halogens is 1. The molecule has 0 saturated carbocycles. The molecular formula is C23H19FO4S. The summed E-state index contributed by atoms with van der Waals surface area (Å²) in [5, 5.41) is 0. The zero-order valence-electron chi connectivity index (χ0n) is 15.9. The van der Waals surface area contributed by atoms with E-state index in [2.05, 4.69) is 0 Å². The predicted octanol–water partition coefficient (Wildman–Crippen LogP) is 4.80. The number of methoxy groups -OCH3 is 1. The zero-order chi connectivity index (χ0) is 21.0. The molecule has 3 aromatic carbocycles. The number of hydrogen-bond acceptors (Lipinski definition) is 4. The van der Waals surface area contributed by atoms with Crippen LogP contribution >= 0.6 is 0 Å². The van der Waals surface area contributed by atoms with Crippen LogP contribution < -0.4 is 4.74 Å². The van der Waals surface area contributed by atoms with E-state index < -0.39 is 9.84 Å². The molecule has 0 aliphatic rings. The van der Waals surface area contributed by atoms with Gasteiger partial charge in [0.25, 0.3) is 0 Å². The second-order valence-corrected chi connectivity index (χ2v) is 8.42. The Morgan fingerprint density at radius 2 is 1.69 bits per heavy atom. The van der Waals surface area contributed by atoms with Crippen molar-refractivity contribution in [2.75, 3.05) is 13.4 Å². The van der Waals surface area contributed by atoms with E-state index in [0.29, 0.717) is 16.7 Å². The van der Waals surface area contributed by atoms with E-state index in [0.717, 1.165) is 11.8 Å². The molecule has 0 amide bonds. The first-order chi connectivity index (χ1) is 13.8. The second kappa shape index (κ2) is 8.41. The summed E-state index contributed by atoms with van der Waals surface area (Å²) in [7, 11) is -2.08. The quantitative estimate of drug-likeness (QED) is 0.433. The highest BCUT2D eigenvalue weighted by atomic mass is 32.2. The molecule has 0 heterocycles. The molecule has 148 valence electrons. The molecule has 0 aromatic heterocycles. The highest BCUT2D eigenvalue weighted by Gasteiger charge is 2.15. The molecule has 4 nitrogen and oxygen atoms in total. The predicted molar refractivity (Wildman–Crippen MR) is 111 cm³/mol. The summed E-state index contributed by atoms with van der Waals surface area (Å²) in [6, 6.07) is 17.7. The topological polar surface area (TPSA) is 60.4 Å². The molecule has 0 aliphatic carbocycles. The van der Waals surface area contributed by atoms with Crippen LogP contribution in [0.1, 0.15) is 15.9 Å². The van der Waals surface area contributed by atoms with E-state index in [9.17, 15) is 17.6 Å². The van der Waals surface area contributed by atoms with E-state index >= 15 is 0 Å². The molecule has 0 bridgehead atoms. The third-order valence-corrected chi connectivity index (χ3v) is 5.48. The van der Waals surface area contributed by atoms with Crippen LogP contribution in [-0.4, -0.2) is 27.6 Å². The van der Waals surface area contributed by atoms with Crippen LogP contribution in [0, 0.1) is 5.82 Å². The van der Waals surface area contributed by atoms with Crippen LogP contribution in [0.2, 0.25) is 0 Å². The Balaban J connectivity index is 1.94. The summed E-state index contributed by atoms with van der Waals surface area (Å²) in [5.74, 6) is -0.349. The summed E-state index contributed by atoms with van der Waals surface area (Å²) in [4.78, 5) is 12.8. The molecule has 0 N–H and O–H groups in total. The lowest BCUT2D eigenvalue weighted by atomic mass is 9.96. The van der Waals surface area contributed by atoms with Crippen LogP contribution in [0.5, 0.6) is 5.75 Å². The van der Waals surface area contributed by atoms with E-state index in [1.54, 1.807) is 54.6 Å². The minimum atomic E-state index is -3.48. The van der Waals surface area contributed by atoms with E-state index in [1.165, 1.54) is 31.4 Å². The van der Waals surface area contributed by atoms with Gasteiger partial charge in [-0.3, -0.25) is 4.79 Å². The summed E-state index contributed by atoms with van der Waals surface area (Å²) in [5.41, 5.74) is 2.44. The van der Waals surface area contributed by atoms with E-state index in [4.69, 9.17) is 4.74 Å². The van der Waals surface area contributed by atoms with Gasteiger partial charge in [0.05, 0.1) is 7.11 Å². The number of rotatable bonds is 6. The van der Waals surface area contributed by atoms with E-state index in [1.807, 2.05) is 0 Å². The first-order valence-electron chi connectivity index (χ1n) is 8.75. The molecule has 0 radical (unpaired) electrons. The van der Waals surface area contributed by atoms with Gasteiger partial charge in [0.15, 0.2) is 15.6 Å². The molecule has 29 heavy (non-hydrogen) atoms. The summed E-state index contributed by atoms with van der Waals surface area (Å²) >= 11 is 0. The van der Waals surface area contributed by atoms with Gasteiger partial charge in [-0.15, -0.1) is 0 Å². The van der Waals surface area contributed by atoms with Gasteiger partial charge in [0.1, 0.15) is 16.5 Å². The Kier molecular flexibility index (Phi) is 5.94. The number of ether oxygens (including phenoxy) is 1. The van der Waals surface area contributed by atoms with Gasteiger partial charge in [-0.25, -0.2) is 12.8 Å².